The first-order valence-corrected chi connectivity index (χ1v) is 6.86. The lowest BCUT2D eigenvalue weighted by molar-refractivity contribution is -0.137. The maximum Gasteiger partial charge on any atom is 0.323 e. The molecule has 19 heavy (non-hydrogen) atoms. The molecule has 0 aliphatic heterocycles. The van der Waals surface area contributed by atoms with Gasteiger partial charge in [-0.25, -0.2) is 17.7 Å². The van der Waals surface area contributed by atoms with Crippen LogP contribution in [0.1, 0.15) is 0 Å². The smallest absolute Gasteiger partial charge is 0.323 e. The summed E-state index contributed by atoms with van der Waals surface area (Å²) in [5.74, 6) is -1.06. The molecule has 0 fully saturated rings. The Morgan fingerprint density at radius 3 is 2.68 bits per heavy atom. The molecule has 7 nitrogen and oxygen atoms in total. The second-order valence-corrected chi connectivity index (χ2v) is 6.30. The summed E-state index contributed by atoms with van der Waals surface area (Å²) in [6.07, 6.45) is 1.33. The molecule has 0 saturated heterocycles. The molecule has 0 saturated carbocycles. The van der Waals surface area contributed by atoms with Gasteiger partial charge >= 0.3 is 5.97 Å². The third-order valence-electron chi connectivity index (χ3n) is 2.67. The number of aliphatic carboxylic acids is 1. The van der Waals surface area contributed by atoms with Gasteiger partial charge in [0.05, 0.1) is 17.4 Å². The quantitative estimate of drug-likeness (QED) is 0.875. The van der Waals surface area contributed by atoms with Crippen molar-refractivity contribution in [3.63, 3.8) is 0 Å². The van der Waals surface area contributed by atoms with Crippen LogP contribution < -0.4 is 0 Å². The second kappa shape index (κ2) is 4.63. The van der Waals surface area contributed by atoms with E-state index in [-0.39, 0.29) is 11.4 Å². The molecule has 0 atom stereocenters. The standard InChI is InChI=1S/C11H13N3O4S/c1-13(2)19(17,18)9-5-3-4-8-11(9)14(7-12-8)6-10(15)16/h3-5,7H,6H2,1-2H3,(H,15,16). The van der Waals surface area contributed by atoms with E-state index in [1.807, 2.05) is 0 Å². The molecule has 0 amide bonds. The Hall–Kier alpha value is -1.93. The van der Waals surface area contributed by atoms with Crippen molar-refractivity contribution in [2.45, 2.75) is 11.4 Å². The minimum atomic E-state index is -3.65. The van der Waals surface area contributed by atoms with Gasteiger partial charge in [-0.2, -0.15) is 0 Å². The lowest BCUT2D eigenvalue weighted by Gasteiger charge is -2.13. The predicted octanol–water partition coefficient (Wildman–Crippen LogP) is 0.371. The highest BCUT2D eigenvalue weighted by molar-refractivity contribution is 7.89. The van der Waals surface area contributed by atoms with Gasteiger partial charge < -0.3 is 9.67 Å². The van der Waals surface area contributed by atoms with Gasteiger partial charge in [-0.3, -0.25) is 4.79 Å². The Morgan fingerprint density at radius 2 is 2.11 bits per heavy atom. The molecule has 0 aliphatic carbocycles. The van der Waals surface area contributed by atoms with Crippen molar-refractivity contribution in [2.24, 2.45) is 0 Å². The van der Waals surface area contributed by atoms with Gasteiger partial charge in [-0.1, -0.05) is 6.07 Å². The van der Waals surface area contributed by atoms with Crippen molar-refractivity contribution in [1.82, 2.24) is 13.9 Å². The van der Waals surface area contributed by atoms with E-state index in [1.54, 1.807) is 12.1 Å². The molecule has 102 valence electrons. The molecule has 1 aromatic carbocycles. The Balaban J connectivity index is 2.75. The number of nitrogens with zero attached hydrogens (tertiary/aromatic N) is 3. The summed E-state index contributed by atoms with van der Waals surface area (Å²) in [7, 11) is -0.807. The number of fused-ring (bicyclic) bond motifs is 1. The lowest BCUT2D eigenvalue weighted by atomic mass is 10.3. The molecule has 0 bridgehead atoms. The lowest BCUT2D eigenvalue weighted by Crippen LogP contribution is -2.23. The first kappa shape index (κ1) is 13.5. The van der Waals surface area contributed by atoms with E-state index in [4.69, 9.17) is 5.11 Å². The van der Waals surface area contributed by atoms with Crippen molar-refractivity contribution in [1.29, 1.82) is 0 Å². The van der Waals surface area contributed by atoms with Crippen LogP contribution in [0.5, 0.6) is 0 Å². The average Bonchev–Trinajstić information content (AvgIpc) is 2.71. The van der Waals surface area contributed by atoms with Gasteiger partial charge in [0.15, 0.2) is 0 Å². The van der Waals surface area contributed by atoms with Crippen LogP contribution >= 0.6 is 0 Å². The van der Waals surface area contributed by atoms with Crippen LogP contribution in [0.4, 0.5) is 0 Å². The number of rotatable bonds is 4. The molecule has 2 aromatic rings. The highest BCUT2D eigenvalue weighted by Gasteiger charge is 2.23. The van der Waals surface area contributed by atoms with Crippen LogP contribution in [0.25, 0.3) is 11.0 Å². The molecular formula is C11H13N3O4S. The number of aromatic nitrogens is 2. The number of carboxylic acids is 1. The zero-order valence-electron chi connectivity index (χ0n) is 10.4. The van der Waals surface area contributed by atoms with E-state index < -0.39 is 16.0 Å². The Kier molecular flexibility index (Phi) is 3.29. The third kappa shape index (κ3) is 2.32. The monoisotopic (exact) mass is 283 g/mol. The molecule has 0 radical (unpaired) electrons. The summed E-state index contributed by atoms with van der Waals surface area (Å²) in [6.45, 7) is -0.337. The van der Waals surface area contributed by atoms with Crippen LogP contribution in [0.15, 0.2) is 29.4 Å². The molecular weight excluding hydrogens is 270 g/mol. The first-order chi connectivity index (χ1) is 8.84. The molecule has 0 unspecified atom stereocenters. The van der Waals surface area contributed by atoms with Gasteiger partial charge in [-0.15, -0.1) is 0 Å². The van der Waals surface area contributed by atoms with E-state index in [0.29, 0.717) is 11.0 Å². The number of carboxylic acid groups (broad SMARTS) is 1. The number of imidazole rings is 1. The van der Waals surface area contributed by atoms with Gasteiger partial charge in [0.1, 0.15) is 11.4 Å². The van der Waals surface area contributed by atoms with E-state index >= 15 is 0 Å². The van der Waals surface area contributed by atoms with Crippen LogP contribution in [-0.4, -0.2) is 47.4 Å². The number of hydrogen-bond acceptors (Lipinski definition) is 4. The number of sulfonamides is 1. The highest BCUT2D eigenvalue weighted by atomic mass is 32.2. The third-order valence-corrected chi connectivity index (χ3v) is 4.51. The molecule has 8 heteroatoms. The number of benzene rings is 1. The fourth-order valence-corrected chi connectivity index (χ4v) is 2.87. The Labute approximate surface area is 110 Å². The molecule has 2 rings (SSSR count). The Morgan fingerprint density at radius 1 is 1.42 bits per heavy atom. The number of hydrogen-bond donors (Lipinski definition) is 1. The maximum atomic E-state index is 12.2. The Bertz CT molecular complexity index is 733. The van der Waals surface area contributed by atoms with E-state index in [0.717, 1.165) is 4.31 Å². The van der Waals surface area contributed by atoms with Crippen molar-refractivity contribution >= 4 is 27.0 Å². The largest absolute Gasteiger partial charge is 0.480 e. The molecule has 0 spiro atoms. The second-order valence-electron chi connectivity index (χ2n) is 4.18. The molecule has 1 heterocycles. The minimum Gasteiger partial charge on any atom is -0.480 e. The summed E-state index contributed by atoms with van der Waals surface area (Å²) >= 11 is 0. The number of carbonyl (C=O) groups is 1. The average molecular weight is 283 g/mol. The minimum absolute atomic E-state index is 0.0498. The fraction of sp³-hybridized carbons (Fsp3) is 0.273. The molecule has 0 aliphatic rings. The summed E-state index contributed by atoms with van der Waals surface area (Å²) < 4.78 is 26.8. The van der Waals surface area contributed by atoms with Gasteiger partial charge in [0, 0.05) is 14.1 Å². The van der Waals surface area contributed by atoms with E-state index in [9.17, 15) is 13.2 Å². The maximum absolute atomic E-state index is 12.2. The normalized spacial score (nSPS) is 12.2. The topological polar surface area (TPSA) is 92.5 Å². The summed E-state index contributed by atoms with van der Waals surface area (Å²) in [4.78, 5) is 14.9. The van der Waals surface area contributed by atoms with Crippen molar-refractivity contribution in [3.8, 4) is 0 Å². The van der Waals surface area contributed by atoms with Gasteiger partial charge in [0.2, 0.25) is 10.0 Å². The summed E-state index contributed by atoms with van der Waals surface area (Å²) in [6, 6.07) is 4.66. The van der Waals surface area contributed by atoms with Crippen LogP contribution in [-0.2, 0) is 21.4 Å². The van der Waals surface area contributed by atoms with Crippen molar-refractivity contribution in [3.05, 3.63) is 24.5 Å². The van der Waals surface area contributed by atoms with Crippen molar-refractivity contribution < 1.29 is 18.3 Å². The number of para-hydroxylation sites is 1. The van der Waals surface area contributed by atoms with Gasteiger partial charge in [-0.05, 0) is 12.1 Å². The zero-order chi connectivity index (χ0) is 14.2. The van der Waals surface area contributed by atoms with Crippen LogP contribution in [0.3, 0.4) is 0 Å². The van der Waals surface area contributed by atoms with E-state index in [1.165, 1.54) is 31.1 Å². The zero-order valence-corrected chi connectivity index (χ0v) is 11.3. The highest BCUT2D eigenvalue weighted by Crippen LogP contribution is 2.24. The van der Waals surface area contributed by atoms with Crippen LogP contribution in [0, 0.1) is 0 Å². The summed E-state index contributed by atoms with van der Waals surface area (Å²) in [5.41, 5.74) is 0.753. The first-order valence-electron chi connectivity index (χ1n) is 5.42. The predicted molar refractivity (Wildman–Crippen MR) is 68.2 cm³/mol. The summed E-state index contributed by atoms with van der Waals surface area (Å²) in [5, 5.41) is 8.84. The van der Waals surface area contributed by atoms with Crippen LogP contribution in [0.2, 0.25) is 0 Å². The van der Waals surface area contributed by atoms with Gasteiger partial charge in [0.25, 0.3) is 0 Å². The molecule has 1 N–H and O–H groups in total. The SMILES string of the molecule is CN(C)S(=O)(=O)c1cccc2ncn(CC(=O)O)c12. The van der Waals surface area contributed by atoms with Crippen molar-refractivity contribution in [2.75, 3.05) is 14.1 Å². The molecule has 1 aromatic heterocycles. The van der Waals surface area contributed by atoms with E-state index in [2.05, 4.69) is 4.98 Å². The fourth-order valence-electron chi connectivity index (χ4n) is 1.76.